The molecule has 0 heterocycles. The zero-order valence-corrected chi connectivity index (χ0v) is 11.7. The number of rotatable bonds is 3. The summed E-state index contributed by atoms with van der Waals surface area (Å²) in [4.78, 5) is 0. The molecule has 0 aromatic carbocycles. The highest BCUT2D eigenvalue weighted by Gasteiger charge is 2.63. The summed E-state index contributed by atoms with van der Waals surface area (Å²) in [6.45, 7) is 10.7. The molecule has 1 N–H and O–H groups in total. The van der Waals surface area contributed by atoms with Crippen molar-refractivity contribution in [3.8, 4) is 12.0 Å². The Bertz CT molecular complexity index is 417. The van der Waals surface area contributed by atoms with Gasteiger partial charge in [-0.15, -0.1) is 5.73 Å². The van der Waals surface area contributed by atoms with Gasteiger partial charge in [0, 0.05) is 5.92 Å². The molecule has 0 spiro atoms. The van der Waals surface area contributed by atoms with Gasteiger partial charge in [0.25, 0.3) is 0 Å². The van der Waals surface area contributed by atoms with Crippen LogP contribution in [0.25, 0.3) is 0 Å². The highest BCUT2D eigenvalue weighted by atomic mass is 16.2. The average molecular weight is 244 g/mol. The Hall–Kier alpha value is -1.12. The molecule has 2 aliphatic rings. The fourth-order valence-electron chi connectivity index (χ4n) is 4.28. The SMILES string of the molecule is C=C=C[C@@H](C)CC1C(C#CO)CCC2C1C2(C)C. The lowest BCUT2D eigenvalue weighted by atomic mass is 9.75. The van der Waals surface area contributed by atoms with E-state index in [1.54, 1.807) is 0 Å². The highest BCUT2D eigenvalue weighted by molar-refractivity contribution is 5.16. The van der Waals surface area contributed by atoms with E-state index < -0.39 is 0 Å². The Morgan fingerprint density at radius 2 is 2.17 bits per heavy atom. The van der Waals surface area contributed by atoms with E-state index >= 15 is 0 Å². The molecule has 1 heteroatoms. The predicted octanol–water partition coefficient (Wildman–Crippen LogP) is 3.99. The summed E-state index contributed by atoms with van der Waals surface area (Å²) in [5, 5.41) is 8.91. The molecule has 4 unspecified atom stereocenters. The van der Waals surface area contributed by atoms with Gasteiger partial charge in [-0.1, -0.05) is 33.3 Å². The Labute approximate surface area is 111 Å². The zero-order valence-electron chi connectivity index (χ0n) is 11.7. The first-order valence-electron chi connectivity index (χ1n) is 7.03. The van der Waals surface area contributed by atoms with Crippen molar-refractivity contribution in [2.24, 2.45) is 35.0 Å². The van der Waals surface area contributed by atoms with Crippen molar-refractivity contribution in [3.05, 3.63) is 18.4 Å². The molecule has 0 aromatic rings. The summed E-state index contributed by atoms with van der Waals surface area (Å²) in [5.74, 6) is 6.20. The molecule has 0 saturated heterocycles. The number of hydrogen-bond acceptors (Lipinski definition) is 1. The van der Waals surface area contributed by atoms with Gasteiger partial charge in [0.2, 0.25) is 0 Å². The van der Waals surface area contributed by atoms with Crippen molar-refractivity contribution in [1.82, 2.24) is 0 Å². The van der Waals surface area contributed by atoms with Crippen LogP contribution in [0.15, 0.2) is 18.4 Å². The molecule has 0 radical (unpaired) electrons. The fraction of sp³-hybridized carbons (Fsp3) is 0.706. The van der Waals surface area contributed by atoms with Crippen molar-refractivity contribution >= 4 is 0 Å². The summed E-state index contributed by atoms with van der Waals surface area (Å²) in [5.41, 5.74) is 3.37. The minimum Gasteiger partial charge on any atom is -0.462 e. The van der Waals surface area contributed by atoms with Crippen LogP contribution in [0.4, 0.5) is 0 Å². The zero-order chi connectivity index (χ0) is 13.3. The van der Waals surface area contributed by atoms with Crippen LogP contribution in [0.2, 0.25) is 0 Å². The molecule has 1 nitrogen and oxygen atoms in total. The molecule has 2 rings (SSSR count). The first kappa shape index (κ1) is 13.3. The fourth-order valence-corrected chi connectivity index (χ4v) is 4.28. The maximum absolute atomic E-state index is 8.91. The standard InChI is InChI=1S/C17H24O/c1-5-6-12(2)11-14-13(9-10-18)7-8-15-16(14)17(15,3)4/h6,12-16,18H,1,7-8,11H2,2-4H3/t12-,13?,14?,15?,16?/m1/s1. The van der Waals surface area contributed by atoms with Crippen LogP contribution in [0, 0.1) is 47.0 Å². The lowest BCUT2D eigenvalue weighted by Gasteiger charge is -2.29. The lowest BCUT2D eigenvalue weighted by molar-refractivity contribution is 0.233. The van der Waals surface area contributed by atoms with Gasteiger partial charge in [0.1, 0.15) is 6.11 Å². The molecule has 0 bridgehead atoms. The van der Waals surface area contributed by atoms with Gasteiger partial charge in [-0.2, -0.15) is 0 Å². The summed E-state index contributed by atoms with van der Waals surface area (Å²) in [7, 11) is 0. The molecular weight excluding hydrogens is 220 g/mol. The Morgan fingerprint density at radius 1 is 1.44 bits per heavy atom. The first-order valence-corrected chi connectivity index (χ1v) is 7.03. The smallest absolute Gasteiger partial charge is 0.107 e. The second-order valence-corrected chi connectivity index (χ2v) is 6.64. The van der Waals surface area contributed by atoms with E-state index in [1.807, 2.05) is 0 Å². The highest BCUT2D eigenvalue weighted by Crippen LogP contribution is 2.68. The van der Waals surface area contributed by atoms with Crippen molar-refractivity contribution in [1.29, 1.82) is 0 Å². The van der Waals surface area contributed by atoms with E-state index in [9.17, 15) is 0 Å². The molecule has 2 fully saturated rings. The van der Waals surface area contributed by atoms with Crippen molar-refractivity contribution in [2.75, 3.05) is 0 Å². The summed E-state index contributed by atoms with van der Waals surface area (Å²) >= 11 is 0. The number of aliphatic hydroxyl groups excluding tert-OH is 1. The van der Waals surface area contributed by atoms with Crippen LogP contribution >= 0.6 is 0 Å². The maximum atomic E-state index is 8.91. The maximum Gasteiger partial charge on any atom is 0.107 e. The van der Waals surface area contributed by atoms with E-state index in [0.717, 1.165) is 24.7 Å². The molecule has 98 valence electrons. The van der Waals surface area contributed by atoms with Crippen molar-refractivity contribution in [2.45, 2.75) is 40.0 Å². The largest absolute Gasteiger partial charge is 0.462 e. The Balaban J connectivity index is 2.14. The van der Waals surface area contributed by atoms with E-state index in [-0.39, 0.29) is 0 Å². The van der Waals surface area contributed by atoms with Gasteiger partial charge in [-0.25, -0.2) is 0 Å². The van der Waals surface area contributed by atoms with E-state index in [2.05, 4.69) is 51.2 Å². The van der Waals surface area contributed by atoms with Gasteiger partial charge in [0.15, 0.2) is 0 Å². The molecule has 5 atom stereocenters. The lowest BCUT2D eigenvalue weighted by Crippen LogP contribution is -2.23. The Morgan fingerprint density at radius 3 is 2.78 bits per heavy atom. The third-order valence-corrected chi connectivity index (χ3v) is 5.20. The predicted molar refractivity (Wildman–Crippen MR) is 74.2 cm³/mol. The first-order chi connectivity index (χ1) is 8.52. The quantitative estimate of drug-likeness (QED) is 0.588. The average Bonchev–Trinajstić information content (AvgIpc) is 2.85. The second kappa shape index (κ2) is 4.87. The number of allylic oxidation sites excluding steroid dienone is 1. The number of aliphatic hydroxyl groups is 1. The van der Waals surface area contributed by atoms with Gasteiger partial charge >= 0.3 is 0 Å². The summed E-state index contributed by atoms with van der Waals surface area (Å²) < 4.78 is 0. The second-order valence-electron chi connectivity index (χ2n) is 6.64. The number of hydrogen-bond donors (Lipinski definition) is 1. The molecule has 0 amide bonds. The van der Waals surface area contributed by atoms with E-state index in [4.69, 9.17) is 5.11 Å². The van der Waals surface area contributed by atoms with Crippen LogP contribution in [0.5, 0.6) is 0 Å². The third-order valence-electron chi connectivity index (χ3n) is 5.20. The molecule has 0 aliphatic heterocycles. The molecular formula is C17H24O. The summed E-state index contributed by atoms with van der Waals surface area (Å²) in [6, 6.07) is 0. The van der Waals surface area contributed by atoms with E-state index in [0.29, 0.717) is 23.2 Å². The van der Waals surface area contributed by atoms with Crippen LogP contribution in [-0.4, -0.2) is 5.11 Å². The Kier molecular flexibility index (Phi) is 3.60. The van der Waals surface area contributed by atoms with Gasteiger partial charge in [-0.3, -0.25) is 0 Å². The van der Waals surface area contributed by atoms with E-state index in [1.165, 1.54) is 6.42 Å². The minimum atomic E-state index is 0.374. The summed E-state index contributed by atoms with van der Waals surface area (Å²) in [6.07, 6.45) is 7.78. The third kappa shape index (κ3) is 2.23. The van der Waals surface area contributed by atoms with Crippen LogP contribution < -0.4 is 0 Å². The normalized spacial score (nSPS) is 37.5. The molecule has 2 saturated carbocycles. The van der Waals surface area contributed by atoms with Gasteiger partial charge < -0.3 is 5.11 Å². The van der Waals surface area contributed by atoms with Crippen LogP contribution in [-0.2, 0) is 0 Å². The molecule has 0 aromatic heterocycles. The minimum absolute atomic E-state index is 0.374. The van der Waals surface area contributed by atoms with Gasteiger partial charge in [0.05, 0.1) is 0 Å². The van der Waals surface area contributed by atoms with Gasteiger partial charge in [-0.05, 0) is 54.4 Å². The monoisotopic (exact) mass is 244 g/mol. The van der Waals surface area contributed by atoms with Crippen LogP contribution in [0.3, 0.4) is 0 Å². The molecule has 18 heavy (non-hydrogen) atoms. The van der Waals surface area contributed by atoms with Crippen molar-refractivity contribution in [3.63, 3.8) is 0 Å². The molecule has 2 aliphatic carbocycles. The number of fused-ring (bicyclic) bond motifs is 1. The van der Waals surface area contributed by atoms with Crippen molar-refractivity contribution < 1.29 is 5.11 Å². The van der Waals surface area contributed by atoms with Crippen LogP contribution in [0.1, 0.15) is 40.0 Å². The topological polar surface area (TPSA) is 20.2 Å².